The Hall–Kier alpha value is -2.70. The molecule has 2 amide bonds. The van der Waals surface area contributed by atoms with Gasteiger partial charge in [-0.1, -0.05) is 29.8 Å². The van der Waals surface area contributed by atoms with Gasteiger partial charge in [-0.3, -0.25) is 9.59 Å². The van der Waals surface area contributed by atoms with Gasteiger partial charge in [-0.25, -0.2) is 4.39 Å². The third-order valence-corrected chi connectivity index (χ3v) is 5.86. The van der Waals surface area contributed by atoms with Gasteiger partial charge in [-0.15, -0.1) is 11.3 Å². The summed E-state index contributed by atoms with van der Waals surface area (Å²) in [6, 6.07) is 13.3. The highest BCUT2D eigenvalue weighted by molar-refractivity contribution is 7.12. The maximum atomic E-state index is 14.0. The highest BCUT2D eigenvalue weighted by atomic mass is 35.5. The lowest BCUT2D eigenvalue weighted by molar-refractivity contribution is 0.0739. The Labute approximate surface area is 170 Å². The van der Waals surface area contributed by atoms with E-state index >= 15 is 0 Å². The van der Waals surface area contributed by atoms with Crippen LogP contribution in [0, 0.1) is 5.82 Å². The minimum absolute atomic E-state index is 0.00762. The predicted octanol–water partition coefficient (Wildman–Crippen LogP) is 4.99. The van der Waals surface area contributed by atoms with Crippen molar-refractivity contribution < 1.29 is 14.0 Å². The fraction of sp³-hybridized carbons (Fsp3) is 0.143. The Morgan fingerprint density at radius 3 is 2.71 bits per heavy atom. The van der Waals surface area contributed by atoms with Gasteiger partial charge >= 0.3 is 0 Å². The van der Waals surface area contributed by atoms with E-state index in [-0.39, 0.29) is 16.5 Å². The number of carbonyl (C=O) groups excluding carboxylic acids is 2. The molecule has 0 unspecified atom stereocenters. The zero-order valence-electron chi connectivity index (χ0n) is 14.7. The maximum Gasteiger partial charge on any atom is 0.264 e. The molecule has 4 nitrogen and oxygen atoms in total. The number of anilines is 1. The van der Waals surface area contributed by atoms with Crippen LogP contribution in [0.25, 0.3) is 0 Å². The van der Waals surface area contributed by atoms with E-state index < -0.39 is 11.7 Å². The van der Waals surface area contributed by atoms with Crippen molar-refractivity contribution in [3.05, 3.63) is 86.3 Å². The first-order chi connectivity index (χ1) is 13.5. The molecule has 1 aliphatic heterocycles. The minimum atomic E-state index is -0.671. The monoisotopic (exact) mass is 414 g/mol. The van der Waals surface area contributed by atoms with E-state index in [4.69, 9.17) is 11.6 Å². The number of thiophene rings is 1. The summed E-state index contributed by atoms with van der Waals surface area (Å²) in [7, 11) is 0. The largest absolute Gasteiger partial charge is 0.333 e. The quantitative estimate of drug-likeness (QED) is 0.656. The Kier molecular flexibility index (Phi) is 5.15. The molecule has 1 aliphatic rings. The van der Waals surface area contributed by atoms with E-state index in [0.717, 1.165) is 17.5 Å². The predicted molar refractivity (Wildman–Crippen MR) is 109 cm³/mol. The van der Waals surface area contributed by atoms with E-state index in [1.807, 2.05) is 29.6 Å². The van der Waals surface area contributed by atoms with Crippen LogP contribution in [0.5, 0.6) is 0 Å². The molecule has 3 aromatic rings. The van der Waals surface area contributed by atoms with Crippen molar-refractivity contribution in [1.29, 1.82) is 0 Å². The molecule has 0 fully saturated rings. The van der Waals surface area contributed by atoms with Crippen molar-refractivity contribution in [2.75, 3.05) is 11.9 Å². The molecule has 28 heavy (non-hydrogen) atoms. The van der Waals surface area contributed by atoms with Crippen molar-refractivity contribution in [3.8, 4) is 0 Å². The zero-order chi connectivity index (χ0) is 19.7. The fourth-order valence-electron chi connectivity index (χ4n) is 3.27. The molecule has 0 bridgehead atoms. The average molecular weight is 415 g/mol. The third kappa shape index (κ3) is 3.66. The van der Waals surface area contributed by atoms with E-state index in [0.29, 0.717) is 23.7 Å². The van der Waals surface area contributed by atoms with Gasteiger partial charge in [0.25, 0.3) is 11.8 Å². The molecule has 0 saturated heterocycles. The first kappa shape index (κ1) is 18.7. The molecule has 4 rings (SSSR count). The molecule has 0 radical (unpaired) electrons. The van der Waals surface area contributed by atoms with Gasteiger partial charge in [0.1, 0.15) is 5.82 Å². The topological polar surface area (TPSA) is 49.4 Å². The lowest BCUT2D eigenvalue weighted by atomic mass is 9.98. The van der Waals surface area contributed by atoms with Gasteiger partial charge in [0.05, 0.1) is 15.5 Å². The number of benzene rings is 2. The number of hydrogen-bond donors (Lipinski definition) is 1. The summed E-state index contributed by atoms with van der Waals surface area (Å²) in [6.07, 6.45) is 0.750. The summed E-state index contributed by atoms with van der Waals surface area (Å²) in [6.45, 7) is 1.12. The molecule has 1 aromatic heterocycles. The number of rotatable bonds is 3. The highest BCUT2D eigenvalue weighted by Crippen LogP contribution is 2.26. The van der Waals surface area contributed by atoms with Crippen molar-refractivity contribution in [2.45, 2.75) is 13.0 Å². The second-order valence-electron chi connectivity index (χ2n) is 6.49. The van der Waals surface area contributed by atoms with Gasteiger partial charge in [0.2, 0.25) is 0 Å². The van der Waals surface area contributed by atoms with Crippen molar-refractivity contribution >= 4 is 40.4 Å². The van der Waals surface area contributed by atoms with Crippen LogP contribution in [0.4, 0.5) is 10.1 Å². The maximum absolute atomic E-state index is 14.0. The highest BCUT2D eigenvalue weighted by Gasteiger charge is 2.23. The summed E-state index contributed by atoms with van der Waals surface area (Å²) in [5.74, 6) is -1.27. The third-order valence-electron chi connectivity index (χ3n) is 4.69. The van der Waals surface area contributed by atoms with Gasteiger partial charge in [-0.2, -0.15) is 0 Å². The molecular formula is C21H16ClFN2O2S. The molecule has 2 aromatic carbocycles. The summed E-state index contributed by atoms with van der Waals surface area (Å²) < 4.78 is 14.0. The number of halogens is 2. The summed E-state index contributed by atoms with van der Waals surface area (Å²) in [5.41, 5.74) is 2.45. The molecule has 1 N–H and O–H groups in total. The molecule has 142 valence electrons. The van der Waals surface area contributed by atoms with Crippen molar-refractivity contribution in [3.63, 3.8) is 0 Å². The van der Waals surface area contributed by atoms with Gasteiger partial charge in [0, 0.05) is 18.8 Å². The SMILES string of the molecule is O=C(Nc1ccc2c(c1)CN(C(=O)c1cccs1)CC2)c1c(F)cccc1Cl. The molecule has 2 heterocycles. The minimum Gasteiger partial charge on any atom is -0.333 e. The van der Waals surface area contributed by atoms with Crippen LogP contribution in [0.3, 0.4) is 0 Å². The second kappa shape index (κ2) is 7.73. The Balaban J connectivity index is 1.53. The molecule has 0 spiro atoms. The average Bonchev–Trinajstić information content (AvgIpc) is 3.21. The van der Waals surface area contributed by atoms with Crippen LogP contribution in [0.1, 0.15) is 31.2 Å². The van der Waals surface area contributed by atoms with Crippen LogP contribution in [-0.2, 0) is 13.0 Å². The fourth-order valence-corrected chi connectivity index (χ4v) is 4.21. The van der Waals surface area contributed by atoms with Crippen LogP contribution in [0.2, 0.25) is 5.02 Å². The number of carbonyl (C=O) groups is 2. The van der Waals surface area contributed by atoms with Crippen LogP contribution in [-0.4, -0.2) is 23.3 Å². The van der Waals surface area contributed by atoms with Crippen molar-refractivity contribution in [1.82, 2.24) is 4.90 Å². The van der Waals surface area contributed by atoms with E-state index in [9.17, 15) is 14.0 Å². The lowest BCUT2D eigenvalue weighted by Gasteiger charge is -2.29. The van der Waals surface area contributed by atoms with Crippen LogP contribution in [0.15, 0.2) is 53.9 Å². The normalized spacial score (nSPS) is 13.1. The van der Waals surface area contributed by atoms with E-state index in [1.54, 1.807) is 11.0 Å². The summed E-state index contributed by atoms with van der Waals surface area (Å²) in [4.78, 5) is 27.6. The second-order valence-corrected chi connectivity index (χ2v) is 7.84. The molecule has 0 aliphatic carbocycles. The number of nitrogens with one attached hydrogen (secondary N) is 1. The number of nitrogens with zero attached hydrogens (tertiary/aromatic N) is 1. The smallest absolute Gasteiger partial charge is 0.264 e. The summed E-state index contributed by atoms with van der Waals surface area (Å²) in [5, 5.41) is 4.64. The Morgan fingerprint density at radius 1 is 1.11 bits per heavy atom. The number of amides is 2. The first-order valence-corrected chi connectivity index (χ1v) is 9.98. The number of hydrogen-bond acceptors (Lipinski definition) is 3. The van der Waals surface area contributed by atoms with Gasteiger partial charge < -0.3 is 10.2 Å². The van der Waals surface area contributed by atoms with E-state index in [2.05, 4.69) is 5.32 Å². The van der Waals surface area contributed by atoms with Crippen LogP contribution >= 0.6 is 22.9 Å². The van der Waals surface area contributed by atoms with Crippen molar-refractivity contribution in [2.24, 2.45) is 0 Å². The Bertz CT molecular complexity index is 1030. The molecule has 0 atom stereocenters. The lowest BCUT2D eigenvalue weighted by Crippen LogP contribution is -2.35. The van der Waals surface area contributed by atoms with Gasteiger partial charge in [0.15, 0.2) is 0 Å². The van der Waals surface area contributed by atoms with Gasteiger partial charge in [-0.05, 0) is 53.3 Å². The standard InChI is InChI=1S/C21H16ClFN2O2S/c22-16-3-1-4-17(23)19(16)20(26)24-15-7-6-13-8-9-25(12-14(13)11-15)21(27)18-5-2-10-28-18/h1-7,10-11H,8-9,12H2,(H,24,26). The van der Waals surface area contributed by atoms with E-state index in [1.165, 1.54) is 29.5 Å². The molecule has 7 heteroatoms. The number of fused-ring (bicyclic) bond motifs is 1. The molecule has 0 saturated carbocycles. The zero-order valence-corrected chi connectivity index (χ0v) is 16.3. The summed E-state index contributed by atoms with van der Waals surface area (Å²) >= 11 is 7.39. The first-order valence-electron chi connectivity index (χ1n) is 8.73. The van der Waals surface area contributed by atoms with Crippen LogP contribution < -0.4 is 5.32 Å². The molecular weight excluding hydrogens is 399 g/mol. The Morgan fingerprint density at radius 2 is 1.96 bits per heavy atom.